The molecule has 0 fully saturated rings. The summed E-state index contributed by atoms with van der Waals surface area (Å²) < 4.78 is 0. The molecule has 0 unspecified atom stereocenters. The number of hydrogen-bond acceptors (Lipinski definition) is 4. The summed E-state index contributed by atoms with van der Waals surface area (Å²) in [6.07, 6.45) is 3.42. The van der Waals surface area contributed by atoms with Crippen molar-refractivity contribution < 1.29 is 4.79 Å². The van der Waals surface area contributed by atoms with Crippen LogP contribution in [0.3, 0.4) is 0 Å². The van der Waals surface area contributed by atoms with Crippen LogP contribution in [0, 0.1) is 0 Å². The molecule has 1 heterocycles. The Hall–Kier alpha value is -2.80. The first-order valence-electron chi connectivity index (χ1n) is 8.16. The normalized spacial score (nSPS) is 10.3. The van der Waals surface area contributed by atoms with Crippen LogP contribution in [0.4, 0.5) is 5.69 Å². The zero-order chi connectivity index (χ0) is 19.2. The molecule has 136 valence electrons. The molecule has 0 saturated carbocycles. The number of pyridine rings is 1. The maximum atomic E-state index is 12.8. The zero-order valence-electron chi connectivity index (χ0n) is 14.3. The van der Waals surface area contributed by atoms with E-state index in [1.807, 2.05) is 18.2 Å². The fourth-order valence-corrected chi connectivity index (χ4v) is 2.79. The van der Waals surface area contributed by atoms with Crippen LogP contribution in [0.25, 0.3) is 0 Å². The number of nitrogens with zero attached hydrogens (tertiary/aromatic N) is 2. The minimum Gasteiger partial charge on any atom is -0.331 e. The molecule has 0 aliphatic heterocycles. The molecule has 3 aromatic rings. The highest BCUT2D eigenvalue weighted by Crippen LogP contribution is 2.21. The van der Waals surface area contributed by atoms with Crippen molar-refractivity contribution in [3.8, 4) is 0 Å². The standard InChI is InChI=1S/C20H17ClN4OS/c21-16-9-7-15(8-10-16)19(26)17-5-1-2-6-18(17)24-20(27)25(22)13-14-4-3-11-23-12-14/h1-12H,13,22H2,(H,24,27). The van der Waals surface area contributed by atoms with E-state index in [2.05, 4.69) is 10.3 Å². The number of hydrogen-bond donors (Lipinski definition) is 2. The molecule has 0 atom stereocenters. The molecule has 5 nitrogen and oxygen atoms in total. The molecule has 0 spiro atoms. The second-order valence-electron chi connectivity index (χ2n) is 5.80. The van der Waals surface area contributed by atoms with E-state index in [9.17, 15) is 4.79 Å². The molecule has 0 radical (unpaired) electrons. The van der Waals surface area contributed by atoms with Crippen LogP contribution in [-0.2, 0) is 6.54 Å². The fourth-order valence-electron chi connectivity index (χ4n) is 2.49. The molecule has 0 aliphatic carbocycles. The summed E-state index contributed by atoms with van der Waals surface area (Å²) in [6.45, 7) is 0.396. The van der Waals surface area contributed by atoms with E-state index < -0.39 is 0 Å². The summed E-state index contributed by atoms with van der Waals surface area (Å²) in [5.41, 5.74) is 2.55. The van der Waals surface area contributed by atoms with Gasteiger partial charge in [0.2, 0.25) is 0 Å². The molecule has 0 saturated heterocycles. The lowest BCUT2D eigenvalue weighted by Gasteiger charge is -2.21. The highest BCUT2D eigenvalue weighted by atomic mass is 35.5. The number of rotatable bonds is 5. The lowest BCUT2D eigenvalue weighted by molar-refractivity contribution is 0.103. The third-order valence-electron chi connectivity index (χ3n) is 3.86. The topological polar surface area (TPSA) is 71.2 Å². The van der Waals surface area contributed by atoms with E-state index in [1.165, 1.54) is 5.01 Å². The van der Waals surface area contributed by atoms with Gasteiger partial charge in [-0.05, 0) is 60.2 Å². The predicted molar refractivity (Wildman–Crippen MR) is 112 cm³/mol. The smallest absolute Gasteiger partial charge is 0.195 e. The van der Waals surface area contributed by atoms with Gasteiger partial charge >= 0.3 is 0 Å². The van der Waals surface area contributed by atoms with Crippen molar-refractivity contribution in [2.45, 2.75) is 6.54 Å². The van der Waals surface area contributed by atoms with E-state index in [0.717, 1.165) is 5.56 Å². The quantitative estimate of drug-likeness (QED) is 0.293. The molecule has 3 N–H and O–H groups in total. The van der Waals surface area contributed by atoms with Crippen LogP contribution in [0.1, 0.15) is 21.5 Å². The van der Waals surface area contributed by atoms with Crippen molar-refractivity contribution in [3.63, 3.8) is 0 Å². The molecule has 0 bridgehead atoms. The minimum absolute atomic E-state index is 0.131. The van der Waals surface area contributed by atoms with Crippen LogP contribution >= 0.6 is 23.8 Å². The summed E-state index contributed by atoms with van der Waals surface area (Å²) in [6, 6.07) is 17.6. The second kappa shape index (κ2) is 8.73. The Morgan fingerprint density at radius 1 is 1.11 bits per heavy atom. The van der Waals surface area contributed by atoms with Crippen LogP contribution in [0.5, 0.6) is 0 Å². The van der Waals surface area contributed by atoms with Gasteiger partial charge < -0.3 is 5.32 Å². The number of para-hydroxylation sites is 1. The Morgan fingerprint density at radius 2 is 1.85 bits per heavy atom. The maximum absolute atomic E-state index is 12.8. The molecule has 1 aromatic heterocycles. The average molecular weight is 397 g/mol. The van der Waals surface area contributed by atoms with Gasteiger partial charge in [0.05, 0.1) is 12.2 Å². The maximum Gasteiger partial charge on any atom is 0.195 e. The van der Waals surface area contributed by atoms with Crippen molar-refractivity contribution in [1.82, 2.24) is 9.99 Å². The lowest BCUT2D eigenvalue weighted by Crippen LogP contribution is -2.40. The highest BCUT2D eigenvalue weighted by molar-refractivity contribution is 7.80. The number of nitrogens with one attached hydrogen (secondary N) is 1. The molecule has 7 heteroatoms. The summed E-state index contributed by atoms with van der Waals surface area (Å²) in [4.78, 5) is 16.9. The molecule has 0 aliphatic rings. The number of anilines is 1. The number of thiocarbonyl (C=S) groups is 1. The largest absolute Gasteiger partial charge is 0.331 e. The van der Waals surface area contributed by atoms with Gasteiger partial charge in [-0.25, -0.2) is 5.84 Å². The number of benzene rings is 2. The van der Waals surface area contributed by atoms with Gasteiger partial charge in [-0.2, -0.15) is 0 Å². The third kappa shape index (κ3) is 4.89. The summed E-state index contributed by atoms with van der Waals surface area (Å²) >= 11 is 11.3. The van der Waals surface area contributed by atoms with E-state index in [1.54, 1.807) is 54.9 Å². The van der Waals surface area contributed by atoms with Gasteiger partial charge in [0.1, 0.15) is 0 Å². The molecular formula is C20H17ClN4OS. The lowest BCUT2D eigenvalue weighted by atomic mass is 10.0. The number of nitrogens with two attached hydrogens (primary N) is 1. The molecule has 27 heavy (non-hydrogen) atoms. The first-order chi connectivity index (χ1) is 13.0. The third-order valence-corrected chi connectivity index (χ3v) is 4.44. The van der Waals surface area contributed by atoms with E-state index in [4.69, 9.17) is 29.7 Å². The number of hydrazine groups is 1. The second-order valence-corrected chi connectivity index (χ2v) is 6.62. The molecule has 2 aromatic carbocycles. The first kappa shape index (κ1) is 19.0. The van der Waals surface area contributed by atoms with Crippen LogP contribution in [-0.4, -0.2) is 20.9 Å². The van der Waals surface area contributed by atoms with Crippen molar-refractivity contribution >= 4 is 40.4 Å². The van der Waals surface area contributed by atoms with Crippen LogP contribution in [0.15, 0.2) is 73.1 Å². The number of carbonyl (C=O) groups excluding carboxylic acids is 1. The number of carbonyl (C=O) groups is 1. The summed E-state index contributed by atoms with van der Waals surface area (Å²) in [5, 5.41) is 5.33. The van der Waals surface area contributed by atoms with Crippen molar-refractivity contribution in [1.29, 1.82) is 0 Å². The minimum atomic E-state index is -0.131. The van der Waals surface area contributed by atoms with Crippen molar-refractivity contribution in [2.24, 2.45) is 5.84 Å². The predicted octanol–water partition coefficient (Wildman–Crippen LogP) is 4.04. The molecule has 3 rings (SSSR count). The Bertz CT molecular complexity index is 948. The number of aromatic nitrogens is 1. The fraction of sp³-hybridized carbons (Fsp3) is 0.0500. The van der Waals surface area contributed by atoms with E-state index in [0.29, 0.717) is 33.5 Å². The SMILES string of the molecule is NN(Cc1cccnc1)C(=S)Nc1ccccc1C(=O)c1ccc(Cl)cc1. The van der Waals surface area contributed by atoms with Crippen LogP contribution in [0.2, 0.25) is 5.02 Å². The number of halogens is 1. The Labute approximate surface area is 167 Å². The molecular weight excluding hydrogens is 380 g/mol. The van der Waals surface area contributed by atoms with E-state index >= 15 is 0 Å². The number of ketones is 1. The van der Waals surface area contributed by atoms with E-state index in [-0.39, 0.29) is 5.78 Å². The summed E-state index contributed by atoms with van der Waals surface area (Å²) in [7, 11) is 0. The van der Waals surface area contributed by atoms with Crippen LogP contribution < -0.4 is 11.2 Å². The molecule has 0 amide bonds. The van der Waals surface area contributed by atoms with Gasteiger partial charge in [-0.15, -0.1) is 0 Å². The van der Waals surface area contributed by atoms with Gasteiger partial charge in [-0.3, -0.25) is 14.8 Å². The van der Waals surface area contributed by atoms with Gasteiger partial charge in [0, 0.05) is 28.5 Å². The highest BCUT2D eigenvalue weighted by Gasteiger charge is 2.15. The van der Waals surface area contributed by atoms with Gasteiger partial charge in [-0.1, -0.05) is 29.8 Å². The summed E-state index contributed by atoms with van der Waals surface area (Å²) in [5.74, 6) is 5.92. The monoisotopic (exact) mass is 396 g/mol. The van der Waals surface area contributed by atoms with Gasteiger partial charge in [0.15, 0.2) is 10.9 Å². The van der Waals surface area contributed by atoms with Crippen molar-refractivity contribution in [3.05, 3.63) is 94.8 Å². The van der Waals surface area contributed by atoms with Gasteiger partial charge in [0.25, 0.3) is 0 Å². The first-order valence-corrected chi connectivity index (χ1v) is 8.94. The Balaban J connectivity index is 1.76. The van der Waals surface area contributed by atoms with Crippen molar-refractivity contribution in [2.75, 3.05) is 5.32 Å². The average Bonchev–Trinajstić information content (AvgIpc) is 2.69. The Kier molecular flexibility index (Phi) is 6.13. The zero-order valence-corrected chi connectivity index (χ0v) is 15.9. The Morgan fingerprint density at radius 3 is 2.56 bits per heavy atom.